The molecular formula is C15H20N2OS. The van der Waals surface area contributed by atoms with Crippen LogP contribution in [-0.4, -0.2) is 11.0 Å². The summed E-state index contributed by atoms with van der Waals surface area (Å²) >= 11 is 1.69. The number of nitrogens with zero attached hydrogens (tertiary/aromatic N) is 1. The predicted molar refractivity (Wildman–Crippen MR) is 79.7 cm³/mol. The van der Waals surface area contributed by atoms with E-state index in [0.717, 1.165) is 22.9 Å². The van der Waals surface area contributed by atoms with Gasteiger partial charge in [-0.3, -0.25) is 0 Å². The summed E-state index contributed by atoms with van der Waals surface area (Å²) in [5, 5.41) is 1.02. The van der Waals surface area contributed by atoms with Gasteiger partial charge in [-0.2, -0.15) is 0 Å². The Balaban J connectivity index is 1.99. The molecule has 1 unspecified atom stereocenters. The number of hydrogen-bond donors (Lipinski definition) is 1. The van der Waals surface area contributed by atoms with E-state index in [1.54, 1.807) is 11.3 Å². The highest BCUT2D eigenvalue weighted by Crippen LogP contribution is 2.20. The molecule has 0 radical (unpaired) electrons. The predicted octanol–water partition coefficient (Wildman–Crippen LogP) is 3.23. The van der Waals surface area contributed by atoms with Crippen LogP contribution >= 0.6 is 11.3 Å². The highest BCUT2D eigenvalue weighted by atomic mass is 32.1. The zero-order chi connectivity index (χ0) is 13.8. The minimum atomic E-state index is 0.166. The summed E-state index contributed by atoms with van der Waals surface area (Å²) in [7, 11) is 0. The van der Waals surface area contributed by atoms with Gasteiger partial charge in [0.25, 0.3) is 0 Å². The Morgan fingerprint density at radius 1 is 1.37 bits per heavy atom. The van der Waals surface area contributed by atoms with E-state index in [1.165, 1.54) is 10.4 Å². The highest BCUT2D eigenvalue weighted by Gasteiger charge is 2.05. The fourth-order valence-corrected chi connectivity index (χ4v) is 2.73. The van der Waals surface area contributed by atoms with Gasteiger partial charge in [0.15, 0.2) is 0 Å². The molecule has 102 valence electrons. The zero-order valence-corrected chi connectivity index (χ0v) is 12.5. The first-order valence-corrected chi connectivity index (χ1v) is 7.26. The molecule has 0 saturated carbocycles. The molecule has 2 N–H and O–H groups in total. The number of hydrogen-bond acceptors (Lipinski definition) is 4. The molecule has 2 aromatic rings. The number of rotatable bonds is 5. The van der Waals surface area contributed by atoms with Crippen molar-refractivity contribution in [2.24, 2.45) is 5.73 Å². The quantitative estimate of drug-likeness (QED) is 0.912. The van der Waals surface area contributed by atoms with Crippen molar-refractivity contribution in [3.05, 3.63) is 45.4 Å². The van der Waals surface area contributed by atoms with Crippen LogP contribution in [0.2, 0.25) is 0 Å². The average molecular weight is 276 g/mol. The van der Waals surface area contributed by atoms with E-state index in [9.17, 15) is 0 Å². The van der Waals surface area contributed by atoms with E-state index in [1.807, 2.05) is 26.0 Å². The fourth-order valence-electron chi connectivity index (χ4n) is 1.88. The third-order valence-corrected chi connectivity index (χ3v) is 3.94. The van der Waals surface area contributed by atoms with Gasteiger partial charge in [0, 0.05) is 10.9 Å². The average Bonchev–Trinajstić information content (AvgIpc) is 2.66. The van der Waals surface area contributed by atoms with Crippen molar-refractivity contribution < 1.29 is 4.74 Å². The van der Waals surface area contributed by atoms with Gasteiger partial charge < -0.3 is 10.5 Å². The van der Waals surface area contributed by atoms with Gasteiger partial charge in [-0.15, -0.1) is 11.3 Å². The van der Waals surface area contributed by atoms with Crippen LogP contribution in [0.25, 0.3) is 0 Å². The van der Waals surface area contributed by atoms with Crippen molar-refractivity contribution in [2.45, 2.75) is 39.8 Å². The number of thiazole rings is 1. The number of benzene rings is 1. The second-order valence-electron chi connectivity index (χ2n) is 4.87. The first kappa shape index (κ1) is 14.0. The number of ether oxygens (including phenoxy) is 1. The van der Waals surface area contributed by atoms with Crippen LogP contribution in [0.4, 0.5) is 0 Å². The molecule has 1 aromatic carbocycles. The summed E-state index contributed by atoms with van der Waals surface area (Å²) in [5.41, 5.74) is 8.11. The molecule has 4 heteroatoms. The molecule has 0 aliphatic carbocycles. The lowest BCUT2D eigenvalue weighted by Gasteiger charge is -2.08. The number of nitrogens with two attached hydrogens (primary N) is 1. The molecule has 0 bridgehead atoms. The summed E-state index contributed by atoms with van der Waals surface area (Å²) in [6.45, 7) is 6.65. The summed E-state index contributed by atoms with van der Waals surface area (Å²) in [6.07, 6.45) is 0.868. The lowest BCUT2D eigenvalue weighted by Crippen LogP contribution is -2.17. The standard InChI is InChI=1S/C15H20N2OS/c1-10(16)7-13-5-4-6-14(8-13)18-9-15-17-11(2)12(3)19-15/h4-6,8,10H,7,9,16H2,1-3H3. The fraction of sp³-hybridized carbons (Fsp3) is 0.400. The summed E-state index contributed by atoms with van der Waals surface area (Å²) in [4.78, 5) is 5.72. The Bertz CT molecular complexity index is 529. The second-order valence-corrected chi connectivity index (χ2v) is 6.15. The van der Waals surface area contributed by atoms with Gasteiger partial charge in [-0.1, -0.05) is 12.1 Å². The third kappa shape index (κ3) is 4.04. The Hall–Kier alpha value is -1.39. The van der Waals surface area contributed by atoms with E-state index in [0.29, 0.717) is 6.61 Å². The van der Waals surface area contributed by atoms with Gasteiger partial charge in [0.05, 0.1) is 5.69 Å². The summed E-state index contributed by atoms with van der Waals surface area (Å²) in [5.74, 6) is 0.878. The number of aryl methyl sites for hydroxylation is 2. The van der Waals surface area contributed by atoms with Crippen molar-refractivity contribution in [2.75, 3.05) is 0 Å². The van der Waals surface area contributed by atoms with Crippen molar-refractivity contribution in [3.8, 4) is 5.75 Å². The molecular weight excluding hydrogens is 256 g/mol. The molecule has 1 atom stereocenters. The maximum atomic E-state index is 5.81. The largest absolute Gasteiger partial charge is 0.486 e. The maximum Gasteiger partial charge on any atom is 0.140 e. The lowest BCUT2D eigenvalue weighted by atomic mass is 10.1. The van der Waals surface area contributed by atoms with Crippen molar-refractivity contribution in [3.63, 3.8) is 0 Å². The minimum absolute atomic E-state index is 0.166. The van der Waals surface area contributed by atoms with Crippen LogP contribution in [0.3, 0.4) is 0 Å². The Morgan fingerprint density at radius 2 is 2.16 bits per heavy atom. The lowest BCUT2D eigenvalue weighted by molar-refractivity contribution is 0.305. The zero-order valence-electron chi connectivity index (χ0n) is 11.6. The topological polar surface area (TPSA) is 48.1 Å². The van der Waals surface area contributed by atoms with Gasteiger partial charge >= 0.3 is 0 Å². The molecule has 0 amide bonds. The molecule has 0 aliphatic rings. The SMILES string of the molecule is Cc1nc(COc2cccc(CC(C)N)c2)sc1C. The summed E-state index contributed by atoms with van der Waals surface area (Å²) in [6, 6.07) is 8.27. The van der Waals surface area contributed by atoms with Crippen LogP contribution in [-0.2, 0) is 13.0 Å². The van der Waals surface area contributed by atoms with Crippen LogP contribution in [0.5, 0.6) is 5.75 Å². The van der Waals surface area contributed by atoms with E-state index in [2.05, 4.69) is 24.0 Å². The van der Waals surface area contributed by atoms with Crippen LogP contribution < -0.4 is 10.5 Å². The molecule has 0 spiro atoms. The Kier molecular flexibility index (Phi) is 4.56. The minimum Gasteiger partial charge on any atom is -0.486 e. The van der Waals surface area contributed by atoms with E-state index >= 15 is 0 Å². The molecule has 1 heterocycles. The van der Waals surface area contributed by atoms with Crippen LogP contribution in [0.15, 0.2) is 24.3 Å². The highest BCUT2D eigenvalue weighted by molar-refractivity contribution is 7.11. The maximum absolute atomic E-state index is 5.81. The second kappa shape index (κ2) is 6.17. The van der Waals surface area contributed by atoms with Gasteiger partial charge in [0.2, 0.25) is 0 Å². The first-order valence-electron chi connectivity index (χ1n) is 6.45. The normalized spacial score (nSPS) is 12.4. The monoisotopic (exact) mass is 276 g/mol. The molecule has 2 rings (SSSR count). The molecule has 19 heavy (non-hydrogen) atoms. The van der Waals surface area contributed by atoms with Gasteiger partial charge in [-0.05, 0) is 44.9 Å². The summed E-state index contributed by atoms with van der Waals surface area (Å²) < 4.78 is 5.79. The van der Waals surface area contributed by atoms with Crippen LogP contribution in [0, 0.1) is 13.8 Å². The van der Waals surface area contributed by atoms with Crippen LogP contribution in [0.1, 0.15) is 28.1 Å². The van der Waals surface area contributed by atoms with Gasteiger partial charge in [0.1, 0.15) is 17.4 Å². The Labute approximate surface area is 118 Å². The molecule has 3 nitrogen and oxygen atoms in total. The molecule has 0 aliphatic heterocycles. The van der Waals surface area contributed by atoms with E-state index in [-0.39, 0.29) is 6.04 Å². The molecule has 0 saturated heterocycles. The first-order chi connectivity index (χ1) is 9.04. The van der Waals surface area contributed by atoms with E-state index in [4.69, 9.17) is 10.5 Å². The number of aromatic nitrogens is 1. The van der Waals surface area contributed by atoms with Crippen molar-refractivity contribution >= 4 is 11.3 Å². The third-order valence-electron chi connectivity index (χ3n) is 2.89. The van der Waals surface area contributed by atoms with Crippen molar-refractivity contribution in [1.29, 1.82) is 0 Å². The van der Waals surface area contributed by atoms with Gasteiger partial charge in [-0.25, -0.2) is 4.98 Å². The molecule has 0 fully saturated rings. The van der Waals surface area contributed by atoms with Crippen molar-refractivity contribution in [1.82, 2.24) is 4.98 Å². The Morgan fingerprint density at radius 3 is 2.79 bits per heavy atom. The smallest absolute Gasteiger partial charge is 0.140 e. The molecule has 1 aromatic heterocycles. The van der Waals surface area contributed by atoms with E-state index < -0.39 is 0 Å².